The van der Waals surface area contributed by atoms with Crippen molar-refractivity contribution in [2.75, 3.05) is 12.8 Å². The summed E-state index contributed by atoms with van der Waals surface area (Å²) >= 11 is 5.60. The molecule has 0 saturated carbocycles. The molecular weight excluding hydrogens is 210 g/mol. The molecule has 0 aliphatic rings. The van der Waals surface area contributed by atoms with Gasteiger partial charge in [-0.2, -0.15) is 0 Å². The molecule has 0 aromatic heterocycles. The first-order valence-electron chi connectivity index (χ1n) is 3.57. The second-order valence-corrected chi connectivity index (χ2v) is 2.89. The number of nitrogens with two attached hydrogens (primary N) is 1. The van der Waals surface area contributed by atoms with Gasteiger partial charge in [0.25, 0.3) is 0 Å². The number of rotatable bonds is 2. The van der Waals surface area contributed by atoms with Crippen LogP contribution in [0.1, 0.15) is 10.4 Å². The summed E-state index contributed by atoms with van der Waals surface area (Å²) in [6, 6.07) is 1.25. The molecule has 4 N–H and O–H groups in total. The Labute approximate surface area is 84.7 Å². The van der Waals surface area contributed by atoms with Gasteiger partial charge in [-0.1, -0.05) is 11.6 Å². The van der Waals surface area contributed by atoms with Crippen LogP contribution in [0.25, 0.3) is 0 Å². The van der Waals surface area contributed by atoms with Gasteiger partial charge in [0.2, 0.25) is 0 Å². The van der Waals surface area contributed by atoms with Gasteiger partial charge in [-0.15, -0.1) is 0 Å². The molecule has 0 aliphatic heterocycles. The number of anilines is 1. The smallest absolute Gasteiger partial charge is 0.341 e. The summed E-state index contributed by atoms with van der Waals surface area (Å²) in [6.45, 7) is 0. The van der Waals surface area contributed by atoms with Crippen molar-refractivity contribution in [3.8, 4) is 11.5 Å². The van der Waals surface area contributed by atoms with Crippen molar-refractivity contribution in [1.29, 1.82) is 0 Å². The summed E-state index contributed by atoms with van der Waals surface area (Å²) in [5.41, 5.74) is 5.00. The molecule has 0 saturated heterocycles. The van der Waals surface area contributed by atoms with Gasteiger partial charge in [0.1, 0.15) is 5.56 Å². The summed E-state index contributed by atoms with van der Waals surface area (Å²) in [7, 11) is 1.29. The molecule has 0 radical (unpaired) electrons. The highest BCUT2D eigenvalue weighted by molar-refractivity contribution is 6.36. The highest BCUT2D eigenvalue weighted by Crippen LogP contribution is 2.38. The second-order valence-electron chi connectivity index (χ2n) is 2.51. The Morgan fingerprint density at radius 1 is 1.64 bits per heavy atom. The molecule has 0 spiro atoms. The third-order valence-electron chi connectivity index (χ3n) is 1.66. The lowest BCUT2D eigenvalue weighted by molar-refractivity contribution is 0.0693. The maximum Gasteiger partial charge on any atom is 0.341 e. The Bertz CT molecular complexity index is 391. The zero-order valence-corrected chi connectivity index (χ0v) is 8.00. The van der Waals surface area contributed by atoms with E-state index < -0.39 is 17.3 Å². The number of nitrogen functional groups attached to an aromatic ring is 1. The number of halogens is 1. The number of benzene rings is 1. The standard InChI is InChI=1S/C8H8ClNO4/c1-14-4-2-3(10)6(9)5(7(4)11)8(12)13/h2,11H,10H2,1H3,(H,12,13). The fraction of sp³-hybridized carbons (Fsp3) is 0.125. The number of carboxylic acid groups (broad SMARTS) is 1. The summed E-state index contributed by atoms with van der Waals surface area (Å²) in [5.74, 6) is -1.92. The fourth-order valence-electron chi connectivity index (χ4n) is 0.995. The molecule has 0 heterocycles. The maximum atomic E-state index is 10.7. The van der Waals surface area contributed by atoms with Crippen LogP contribution in [0.3, 0.4) is 0 Å². The summed E-state index contributed by atoms with van der Waals surface area (Å²) < 4.78 is 4.72. The lowest BCUT2D eigenvalue weighted by Crippen LogP contribution is -2.02. The number of carboxylic acids is 1. The van der Waals surface area contributed by atoms with E-state index in [-0.39, 0.29) is 16.5 Å². The monoisotopic (exact) mass is 217 g/mol. The minimum atomic E-state index is -1.36. The molecule has 0 fully saturated rings. The van der Waals surface area contributed by atoms with E-state index in [1.165, 1.54) is 13.2 Å². The zero-order chi connectivity index (χ0) is 10.9. The van der Waals surface area contributed by atoms with Crippen molar-refractivity contribution in [3.05, 3.63) is 16.7 Å². The normalized spacial score (nSPS) is 9.86. The summed E-state index contributed by atoms with van der Waals surface area (Å²) in [4.78, 5) is 10.7. The number of aromatic hydroxyl groups is 1. The van der Waals surface area contributed by atoms with Gasteiger partial charge in [-0.25, -0.2) is 4.79 Å². The van der Waals surface area contributed by atoms with Crippen LogP contribution < -0.4 is 10.5 Å². The predicted molar refractivity (Wildman–Crippen MR) is 51.0 cm³/mol. The molecule has 0 bridgehead atoms. The van der Waals surface area contributed by atoms with Gasteiger partial charge in [-0.3, -0.25) is 0 Å². The molecule has 1 rings (SSSR count). The van der Waals surface area contributed by atoms with Crippen LogP contribution in [0.2, 0.25) is 5.02 Å². The molecule has 5 nitrogen and oxygen atoms in total. The minimum absolute atomic E-state index is 0.0238. The fourth-order valence-corrected chi connectivity index (χ4v) is 1.22. The average Bonchev–Trinajstić information content (AvgIpc) is 2.11. The average molecular weight is 218 g/mol. The molecule has 1 aromatic rings. The van der Waals surface area contributed by atoms with Crippen molar-refractivity contribution in [2.24, 2.45) is 0 Å². The van der Waals surface area contributed by atoms with E-state index in [1.54, 1.807) is 0 Å². The lowest BCUT2D eigenvalue weighted by Gasteiger charge is -2.09. The summed E-state index contributed by atoms with van der Waals surface area (Å²) in [6.07, 6.45) is 0. The van der Waals surface area contributed by atoms with Crippen LogP contribution in [-0.4, -0.2) is 23.3 Å². The Morgan fingerprint density at radius 2 is 2.21 bits per heavy atom. The van der Waals surface area contributed by atoms with Crippen LogP contribution in [0.5, 0.6) is 11.5 Å². The Kier molecular flexibility index (Phi) is 2.71. The zero-order valence-electron chi connectivity index (χ0n) is 7.24. The third kappa shape index (κ3) is 1.54. The Hall–Kier alpha value is -1.62. The molecule has 14 heavy (non-hydrogen) atoms. The Morgan fingerprint density at radius 3 is 2.64 bits per heavy atom. The molecule has 0 aliphatic carbocycles. The quantitative estimate of drug-likeness (QED) is 0.513. The van der Waals surface area contributed by atoms with Crippen molar-refractivity contribution >= 4 is 23.3 Å². The van der Waals surface area contributed by atoms with Crippen LogP contribution in [0, 0.1) is 0 Å². The molecule has 1 aromatic carbocycles. The van der Waals surface area contributed by atoms with Crippen LogP contribution in [-0.2, 0) is 0 Å². The molecule has 76 valence electrons. The number of carbonyl (C=O) groups is 1. The van der Waals surface area contributed by atoms with Gasteiger partial charge in [0, 0.05) is 6.07 Å². The number of hydrogen-bond acceptors (Lipinski definition) is 4. The van der Waals surface area contributed by atoms with E-state index in [2.05, 4.69) is 0 Å². The first-order valence-corrected chi connectivity index (χ1v) is 3.95. The number of aromatic carboxylic acids is 1. The van der Waals surface area contributed by atoms with Crippen LogP contribution >= 0.6 is 11.6 Å². The predicted octanol–water partition coefficient (Wildman–Crippen LogP) is 1.33. The van der Waals surface area contributed by atoms with E-state index in [9.17, 15) is 9.90 Å². The number of methoxy groups -OCH3 is 1. The van der Waals surface area contributed by atoms with E-state index in [4.69, 9.17) is 27.2 Å². The van der Waals surface area contributed by atoms with E-state index in [0.717, 1.165) is 0 Å². The van der Waals surface area contributed by atoms with Crippen molar-refractivity contribution < 1.29 is 19.7 Å². The highest BCUT2D eigenvalue weighted by Gasteiger charge is 2.21. The van der Waals surface area contributed by atoms with E-state index >= 15 is 0 Å². The SMILES string of the molecule is COc1cc(N)c(Cl)c(C(=O)O)c1O. The van der Waals surface area contributed by atoms with E-state index in [0.29, 0.717) is 0 Å². The van der Waals surface area contributed by atoms with Gasteiger partial charge in [0.05, 0.1) is 17.8 Å². The largest absolute Gasteiger partial charge is 0.504 e. The topological polar surface area (TPSA) is 92.8 Å². The number of hydrogen-bond donors (Lipinski definition) is 3. The molecule has 0 unspecified atom stereocenters. The van der Waals surface area contributed by atoms with Gasteiger partial charge in [0.15, 0.2) is 11.5 Å². The van der Waals surface area contributed by atoms with Gasteiger partial charge >= 0.3 is 5.97 Å². The molecular formula is C8H8ClNO4. The number of ether oxygens (including phenoxy) is 1. The van der Waals surface area contributed by atoms with Crippen molar-refractivity contribution in [2.45, 2.75) is 0 Å². The first kappa shape index (κ1) is 10.5. The third-order valence-corrected chi connectivity index (χ3v) is 2.07. The number of phenols is 1. The molecule has 0 atom stereocenters. The van der Waals surface area contributed by atoms with Crippen molar-refractivity contribution in [1.82, 2.24) is 0 Å². The Balaban J connectivity index is 3.53. The molecule has 0 amide bonds. The van der Waals surface area contributed by atoms with Gasteiger partial charge < -0.3 is 20.7 Å². The van der Waals surface area contributed by atoms with Crippen molar-refractivity contribution in [3.63, 3.8) is 0 Å². The van der Waals surface area contributed by atoms with Crippen LogP contribution in [0.15, 0.2) is 6.07 Å². The minimum Gasteiger partial charge on any atom is -0.504 e. The first-order chi connectivity index (χ1) is 6.49. The second kappa shape index (κ2) is 3.63. The molecule has 6 heteroatoms. The highest BCUT2D eigenvalue weighted by atomic mass is 35.5. The summed E-state index contributed by atoms with van der Waals surface area (Å²) in [5, 5.41) is 18.0. The lowest BCUT2D eigenvalue weighted by atomic mass is 10.1. The van der Waals surface area contributed by atoms with Crippen LogP contribution in [0.4, 0.5) is 5.69 Å². The van der Waals surface area contributed by atoms with E-state index in [1.807, 2.05) is 0 Å². The maximum absolute atomic E-state index is 10.7. The van der Waals surface area contributed by atoms with Gasteiger partial charge in [-0.05, 0) is 0 Å².